The highest BCUT2D eigenvalue weighted by molar-refractivity contribution is 5.91. The summed E-state index contributed by atoms with van der Waals surface area (Å²) in [7, 11) is 0. The van der Waals surface area contributed by atoms with Crippen LogP contribution < -0.4 is 11.1 Å². The second kappa shape index (κ2) is 5.49. The van der Waals surface area contributed by atoms with Gasteiger partial charge in [-0.1, -0.05) is 0 Å². The van der Waals surface area contributed by atoms with Gasteiger partial charge in [0, 0.05) is 6.42 Å². The fraction of sp³-hybridized carbons (Fsp3) is 0.667. The minimum Gasteiger partial charge on any atom is -0.345 e. The first-order valence-corrected chi connectivity index (χ1v) is 4.40. The maximum absolute atomic E-state index is 11.3. The summed E-state index contributed by atoms with van der Waals surface area (Å²) in [4.78, 5) is 32.7. The van der Waals surface area contributed by atoms with Crippen LogP contribution >= 0.6 is 0 Å². The molecule has 0 aliphatic carbocycles. The van der Waals surface area contributed by atoms with Crippen LogP contribution in [-0.4, -0.2) is 29.6 Å². The van der Waals surface area contributed by atoms with E-state index in [-0.39, 0.29) is 18.0 Å². The number of rotatable bonds is 5. The van der Waals surface area contributed by atoms with Crippen molar-refractivity contribution in [3.05, 3.63) is 0 Å². The van der Waals surface area contributed by atoms with Gasteiger partial charge in [-0.25, -0.2) is 0 Å². The van der Waals surface area contributed by atoms with E-state index in [1.807, 2.05) is 0 Å². The van der Waals surface area contributed by atoms with Crippen molar-refractivity contribution >= 4 is 17.5 Å². The molecule has 0 fully saturated rings. The Bertz CT molecular complexity index is 250. The fourth-order valence-corrected chi connectivity index (χ4v) is 0.824. The van der Waals surface area contributed by atoms with Gasteiger partial charge in [-0.15, -0.1) is 0 Å². The summed E-state index contributed by atoms with van der Waals surface area (Å²) in [6, 6.07) is -1.42. The number of carbonyl (C=O) groups excluding carboxylic acids is 3. The summed E-state index contributed by atoms with van der Waals surface area (Å²) in [5, 5.41) is 2.42. The summed E-state index contributed by atoms with van der Waals surface area (Å²) in [5.74, 6) is -0.764. The lowest BCUT2D eigenvalue weighted by Gasteiger charge is -2.14. The molecule has 0 heterocycles. The largest absolute Gasteiger partial charge is 0.345 e. The zero-order valence-electron chi connectivity index (χ0n) is 8.66. The van der Waals surface area contributed by atoms with Gasteiger partial charge in [0.2, 0.25) is 5.91 Å². The van der Waals surface area contributed by atoms with Crippen molar-refractivity contribution in [3.8, 4) is 0 Å². The third-order valence-corrected chi connectivity index (χ3v) is 1.81. The quantitative estimate of drug-likeness (QED) is 0.619. The van der Waals surface area contributed by atoms with E-state index in [0.717, 1.165) is 0 Å². The van der Waals surface area contributed by atoms with Crippen LogP contribution in [0.3, 0.4) is 0 Å². The van der Waals surface area contributed by atoms with Crippen molar-refractivity contribution in [2.75, 3.05) is 0 Å². The molecule has 0 aromatic heterocycles. The average molecular weight is 200 g/mol. The van der Waals surface area contributed by atoms with Crippen LogP contribution in [0, 0.1) is 0 Å². The molecule has 0 aromatic rings. The Labute approximate surface area is 83.0 Å². The van der Waals surface area contributed by atoms with Crippen molar-refractivity contribution < 1.29 is 14.4 Å². The number of amides is 1. The van der Waals surface area contributed by atoms with Gasteiger partial charge < -0.3 is 11.1 Å². The molecule has 5 heteroatoms. The minimum absolute atomic E-state index is 0.00351. The molecule has 0 spiro atoms. The lowest BCUT2D eigenvalue weighted by atomic mass is 10.1. The summed E-state index contributed by atoms with van der Waals surface area (Å²) < 4.78 is 0. The molecule has 0 saturated heterocycles. The maximum atomic E-state index is 11.3. The number of nitrogens with two attached hydrogens (primary N) is 1. The van der Waals surface area contributed by atoms with E-state index in [4.69, 9.17) is 5.73 Å². The van der Waals surface area contributed by atoms with Crippen molar-refractivity contribution in [2.24, 2.45) is 5.73 Å². The minimum atomic E-state index is -0.866. The van der Waals surface area contributed by atoms with E-state index >= 15 is 0 Å². The number of ketones is 2. The van der Waals surface area contributed by atoms with Gasteiger partial charge >= 0.3 is 0 Å². The molecule has 2 atom stereocenters. The first-order valence-electron chi connectivity index (χ1n) is 4.40. The Morgan fingerprint density at radius 2 is 1.79 bits per heavy atom. The van der Waals surface area contributed by atoms with Gasteiger partial charge in [0.1, 0.15) is 5.78 Å². The molecule has 0 aromatic carbocycles. The van der Waals surface area contributed by atoms with Gasteiger partial charge in [-0.05, 0) is 20.8 Å². The van der Waals surface area contributed by atoms with Crippen LogP contribution in [0.5, 0.6) is 0 Å². The van der Waals surface area contributed by atoms with E-state index < -0.39 is 18.0 Å². The molecular weight excluding hydrogens is 184 g/mol. The van der Waals surface area contributed by atoms with Crippen LogP contribution in [0.2, 0.25) is 0 Å². The summed E-state index contributed by atoms with van der Waals surface area (Å²) in [6.45, 7) is 4.31. The Morgan fingerprint density at radius 1 is 1.29 bits per heavy atom. The number of hydrogen-bond donors (Lipinski definition) is 2. The van der Waals surface area contributed by atoms with Crippen molar-refractivity contribution in [2.45, 2.75) is 39.3 Å². The molecule has 0 bridgehead atoms. The van der Waals surface area contributed by atoms with Crippen LogP contribution in [0.1, 0.15) is 27.2 Å². The Balaban J connectivity index is 4.07. The van der Waals surface area contributed by atoms with E-state index in [0.29, 0.717) is 0 Å². The predicted molar refractivity (Wildman–Crippen MR) is 51.6 cm³/mol. The second-order valence-electron chi connectivity index (χ2n) is 3.35. The van der Waals surface area contributed by atoms with Crippen LogP contribution in [0.25, 0.3) is 0 Å². The van der Waals surface area contributed by atoms with E-state index in [2.05, 4.69) is 5.32 Å². The third kappa shape index (κ3) is 4.71. The fourth-order valence-electron chi connectivity index (χ4n) is 0.824. The summed E-state index contributed by atoms with van der Waals surface area (Å²) in [6.07, 6.45) is -0.00351. The standard InChI is InChI=1S/C9H16N2O3/c1-5(12)4-8(10)9(14)11-6(2)7(3)13/h6,8H,4,10H2,1-3H3,(H,11,14)/t6-,8-/m0/s1. The molecular formula is C9H16N2O3. The first-order chi connectivity index (χ1) is 6.34. The molecule has 0 rings (SSSR count). The van der Waals surface area contributed by atoms with E-state index in [9.17, 15) is 14.4 Å². The SMILES string of the molecule is CC(=O)C[C@H](N)C(=O)N[C@@H](C)C(C)=O. The molecule has 14 heavy (non-hydrogen) atoms. The molecule has 0 aliphatic rings. The van der Waals surface area contributed by atoms with Crippen LogP contribution in [0.15, 0.2) is 0 Å². The highest BCUT2D eigenvalue weighted by Crippen LogP contribution is 1.92. The van der Waals surface area contributed by atoms with Crippen LogP contribution in [0.4, 0.5) is 0 Å². The molecule has 3 N–H and O–H groups in total. The van der Waals surface area contributed by atoms with Crippen molar-refractivity contribution in [3.63, 3.8) is 0 Å². The highest BCUT2D eigenvalue weighted by atomic mass is 16.2. The third-order valence-electron chi connectivity index (χ3n) is 1.81. The molecule has 0 radical (unpaired) electrons. The first kappa shape index (κ1) is 12.8. The van der Waals surface area contributed by atoms with Gasteiger partial charge in [-0.3, -0.25) is 14.4 Å². The number of Topliss-reactive ketones (excluding diaryl/α,β-unsaturated/α-hetero) is 2. The second-order valence-corrected chi connectivity index (χ2v) is 3.35. The summed E-state index contributed by atoms with van der Waals surface area (Å²) in [5.41, 5.74) is 5.42. The number of hydrogen-bond acceptors (Lipinski definition) is 4. The molecule has 0 unspecified atom stereocenters. The summed E-state index contributed by atoms with van der Waals surface area (Å²) >= 11 is 0. The van der Waals surface area contributed by atoms with Crippen LogP contribution in [-0.2, 0) is 14.4 Å². The lowest BCUT2D eigenvalue weighted by molar-refractivity contribution is -0.128. The monoisotopic (exact) mass is 200 g/mol. The number of carbonyl (C=O) groups is 3. The van der Waals surface area contributed by atoms with Gasteiger partial charge in [0.05, 0.1) is 12.1 Å². The highest BCUT2D eigenvalue weighted by Gasteiger charge is 2.18. The maximum Gasteiger partial charge on any atom is 0.237 e. The van der Waals surface area contributed by atoms with E-state index in [1.54, 1.807) is 6.92 Å². The predicted octanol–water partition coefficient (Wildman–Crippen LogP) is -0.613. The van der Waals surface area contributed by atoms with Crippen molar-refractivity contribution in [1.29, 1.82) is 0 Å². The Morgan fingerprint density at radius 3 is 2.14 bits per heavy atom. The Hall–Kier alpha value is -1.23. The molecule has 80 valence electrons. The smallest absolute Gasteiger partial charge is 0.237 e. The Kier molecular flexibility index (Phi) is 5.01. The average Bonchev–Trinajstić information content (AvgIpc) is 2.02. The van der Waals surface area contributed by atoms with E-state index in [1.165, 1.54) is 13.8 Å². The number of nitrogens with one attached hydrogen (secondary N) is 1. The zero-order valence-corrected chi connectivity index (χ0v) is 8.66. The molecule has 5 nitrogen and oxygen atoms in total. The molecule has 0 saturated carbocycles. The van der Waals surface area contributed by atoms with Gasteiger partial charge in [0.25, 0.3) is 0 Å². The molecule has 1 amide bonds. The lowest BCUT2D eigenvalue weighted by Crippen LogP contribution is -2.47. The van der Waals surface area contributed by atoms with Crippen molar-refractivity contribution in [1.82, 2.24) is 5.32 Å². The topological polar surface area (TPSA) is 89.3 Å². The van der Waals surface area contributed by atoms with Gasteiger partial charge in [0.15, 0.2) is 5.78 Å². The normalized spacial score (nSPS) is 14.3. The van der Waals surface area contributed by atoms with Gasteiger partial charge in [-0.2, -0.15) is 0 Å². The molecule has 0 aliphatic heterocycles. The zero-order chi connectivity index (χ0) is 11.3.